The summed E-state index contributed by atoms with van der Waals surface area (Å²) in [5.74, 6) is -0.629. The number of halogens is 1. The van der Waals surface area contributed by atoms with Gasteiger partial charge in [-0.15, -0.1) is 0 Å². The van der Waals surface area contributed by atoms with Gasteiger partial charge in [0.2, 0.25) is 0 Å². The molecule has 2 aromatic rings. The van der Waals surface area contributed by atoms with E-state index < -0.39 is 15.8 Å². The average molecular weight is 295 g/mol. The van der Waals surface area contributed by atoms with Crippen LogP contribution in [0.5, 0.6) is 5.75 Å². The van der Waals surface area contributed by atoms with Crippen molar-refractivity contribution in [2.75, 3.05) is 4.72 Å². The third-order valence-corrected chi connectivity index (χ3v) is 4.43. The molecule has 0 spiro atoms. The number of hydrogen-bond donors (Lipinski definition) is 2. The quantitative estimate of drug-likeness (QED) is 0.856. The fraction of sp³-hybridized carbons (Fsp3) is 0.143. The second kappa shape index (κ2) is 5.13. The van der Waals surface area contributed by atoms with E-state index >= 15 is 0 Å². The molecule has 6 heteroatoms. The Hall–Kier alpha value is -2.08. The van der Waals surface area contributed by atoms with Gasteiger partial charge in [0.15, 0.2) is 0 Å². The molecule has 0 amide bonds. The van der Waals surface area contributed by atoms with Crippen molar-refractivity contribution < 1.29 is 17.9 Å². The Morgan fingerprint density at radius 2 is 1.80 bits per heavy atom. The molecule has 2 rings (SSSR count). The Balaban J connectivity index is 2.44. The Kier molecular flexibility index (Phi) is 3.67. The molecule has 0 atom stereocenters. The second-order valence-corrected chi connectivity index (χ2v) is 6.14. The van der Waals surface area contributed by atoms with E-state index in [4.69, 9.17) is 0 Å². The number of para-hydroxylation sites is 1. The Morgan fingerprint density at radius 1 is 1.10 bits per heavy atom. The predicted octanol–water partition coefficient (Wildman–Crippen LogP) is 2.95. The van der Waals surface area contributed by atoms with Gasteiger partial charge in [0.25, 0.3) is 10.0 Å². The predicted molar refractivity (Wildman–Crippen MR) is 74.8 cm³/mol. The molecule has 0 aliphatic heterocycles. The molecule has 0 saturated carbocycles. The summed E-state index contributed by atoms with van der Waals surface area (Å²) in [6.45, 7) is 3.17. The van der Waals surface area contributed by atoms with Crippen LogP contribution in [0.4, 0.5) is 10.1 Å². The number of hydrogen-bond acceptors (Lipinski definition) is 3. The summed E-state index contributed by atoms with van der Waals surface area (Å²) in [7, 11) is -3.88. The minimum absolute atomic E-state index is 0.0280. The number of phenols is 1. The Labute approximate surface area is 116 Å². The summed E-state index contributed by atoms with van der Waals surface area (Å²) < 4.78 is 39.8. The summed E-state index contributed by atoms with van der Waals surface area (Å²) in [4.78, 5) is -0.0280. The standard InChI is InChI=1S/C14H14FNO3S/c1-9-4-3-5-12(14(9)17)16-20(18,19)13-7-6-11(15)8-10(13)2/h3-8,16-17H,1-2H3. The van der Waals surface area contributed by atoms with Crippen LogP contribution in [0.2, 0.25) is 0 Å². The highest BCUT2D eigenvalue weighted by Gasteiger charge is 2.19. The highest BCUT2D eigenvalue weighted by Crippen LogP contribution is 2.29. The Bertz CT molecular complexity index is 757. The smallest absolute Gasteiger partial charge is 0.262 e. The minimum atomic E-state index is -3.88. The molecule has 4 nitrogen and oxygen atoms in total. The number of phenolic OH excluding ortho intramolecular Hbond substituents is 1. The van der Waals surface area contributed by atoms with E-state index in [0.29, 0.717) is 11.1 Å². The molecule has 0 aromatic heterocycles. The number of aryl methyl sites for hydroxylation is 2. The molecule has 2 aromatic carbocycles. The zero-order chi connectivity index (χ0) is 14.9. The van der Waals surface area contributed by atoms with Gasteiger partial charge >= 0.3 is 0 Å². The lowest BCUT2D eigenvalue weighted by atomic mass is 10.2. The first kappa shape index (κ1) is 14.3. The highest BCUT2D eigenvalue weighted by molar-refractivity contribution is 7.92. The summed E-state index contributed by atoms with van der Waals surface area (Å²) in [6, 6.07) is 8.17. The number of aromatic hydroxyl groups is 1. The Morgan fingerprint density at radius 3 is 2.45 bits per heavy atom. The molecular weight excluding hydrogens is 281 g/mol. The topological polar surface area (TPSA) is 66.4 Å². The number of rotatable bonds is 3. The lowest BCUT2D eigenvalue weighted by Gasteiger charge is -2.12. The lowest BCUT2D eigenvalue weighted by Crippen LogP contribution is -2.14. The monoisotopic (exact) mass is 295 g/mol. The van der Waals surface area contributed by atoms with Crippen LogP contribution in [0.3, 0.4) is 0 Å². The normalized spacial score (nSPS) is 11.3. The van der Waals surface area contributed by atoms with E-state index in [2.05, 4.69) is 4.72 Å². The van der Waals surface area contributed by atoms with E-state index in [-0.39, 0.29) is 16.3 Å². The van der Waals surface area contributed by atoms with Crippen LogP contribution in [0.15, 0.2) is 41.3 Å². The first-order valence-electron chi connectivity index (χ1n) is 5.89. The van der Waals surface area contributed by atoms with E-state index in [1.807, 2.05) is 0 Å². The number of nitrogens with one attached hydrogen (secondary N) is 1. The summed E-state index contributed by atoms with van der Waals surface area (Å²) in [6.07, 6.45) is 0. The summed E-state index contributed by atoms with van der Waals surface area (Å²) >= 11 is 0. The zero-order valence-corrected chi connectivity index (χ0v) is 11.8. The lowest BCUT2D eigenvalue weighted by molar-refractivity contribution is 0.473. The number of sulfonamides is 1. The van der Waals surface area contributed by atoms with Gasteiger partial charge in [-0.3, -0.25) is 4.72 Å². The first-order chi connectivity index (χ1) is 9.31. The van der Waals surface area contributed by atoms with E-state index in [1.165, 1.54) is 19.1 Å². The van der Waals surface area contributed by atoms with Crippen molar-refractivity contribution in [1.82, 2.24) is 0 Å². The van der Waals surface area contributed by atoms with Gasteiger partial charge in [0.1, 0.15) is 11.6 Å². The maximum absolute atomic E-state index is 13.0. The first-order valence-corrected chi connectivity index (χ1v) is 7.37. The van der Waals surface area contributed by atoms with Crippen LogP contribution in [0.25, 0.3) is 0 Å². The van der Waals surface area contributed by atoms with Gasteiger partial charge in [-0.1, -0.05) is 12.1 Å². The van der Waals surface area contributed by atoms with Crippen LogP contribution in [-0.2, 0) is 10.0 Å². The van der Waals surface area contributed by atoms with E-state index in [0.717, 1.165) is 12.1 Å². The van der Waals surface area contributed by atoms with Crippen molar-refractivity contribution in [3.8, 4) is 5.75 Å². The maximum Gasteiger partial charge on any atom is 0.262 e. The second-order valence-electron chi connectivity index (χ2n) is 4.49. The third-order valence-electron chi connectivity index (χ3n) is 2.91. The van der Waals surface area contributed by atoms with Crippen molar-refractivity contribution in [2.45, 2.75) is 18.7 Å². The van der Waals surface area contributed by atoms with Crippen LogP contribution in [-0.4, -0.2) is 13.5 Å². The van der Waals surface area contributed by atoms with Crippen LogP contribution < -0.4 is 4.72 Å². The molecule has 2 N–H and O–H groups in total. The molecule has 0 aliphatic carbocycles. The van der Waals surface area contributed by atoms with Gasteiger partial charge in [-0.05, 0) is 49.2 Å². The number of anilines is 1. The largest absolute Gasteiger partial charge is 0.505 e. The maximum atomic E-state index is 13.0. The molecule has 0 fully saturated rings. The van der Waals surface area contributed by atoms with Crippen molar-refractivity contribution in [3.63, 3.8) is 0 Å². The molecule has 0 aliphatic rings. The average Bonchev–Trinajstić information content (AvgIpc) is 2.34. The van der Waals surface area contributed by atoms with Gasteiger partial charge in [-0.2, -0.15) is 0 Å². The molecule has 0 radical (unpaired) electrons. The fourth-order valence-corrected chi connectivity index (χ4v) is 3.15. The fourth-order valence-electron chi connectivity index (χ4n) is 1.86. The molecule has 106 valence electrons. The van der Waals surface area contributed by atoms with Crippen LogP contribution >= 0.6 is 0 Å². The van der Waals surface area contributed by atoms with Crippen LogP contribution in [0, 0.1) is 19.7 Å². The van der Waals surface area contributed by atoms with Crippen molar-refractivity contribution >= 4 is 15.7 Å². The van der Waals surface area contributed by atoms with Gasteiger partial charge in [0.05, 0.1) is 10.6 Å². The summed E-state index contributed by atoms with van der Waals surface area (Å²) in [5.41, 5.74) is 0.944. The molecule has 0 bridgehead atoms. The summed E-state index contributed by atoms with van der Waals surface area (Å²) in [5, 5.41) is 9.83. The number of benzene rings is 2. The van der Waals surface area contributed by atoms with E-state index in [9.17, 15) is 17.9 Å². The van der Waals surface area contributed by atoms with Crippen LogP contribution in [0.1, 0.15) is 11.1 Å². The zero-order valence-electron chi connectivity index (χ0n) is 11.0. The molecule has 20 heavy (non-hydrogen) atoms. The third kappa shape index (κ3) is 2.75. The van der Waals surface area contributed by atoms with Gasteiger partial charge < -0.3 is 5.11 Å². The van der Waals surface area contributed by atoms with E-state index in [1.54, 1.807) is 19.1 Å². The highest BCUT2D eigenvalue weighted by atomic mass is 32.2. The minimum Gasteiger partial charge on any atom is -0.505 e. The molecule has 0 unspecified atom stereocenters. The van der Waals surface area contributed by atoms with Crippen molar-refractivity contribution in [2.24, 2.45) is 0 Å². The molecule has 0 heterocycles. The SMILES string of the molecule is Cc1cc(F)ccc1S(=O)(=O)Nc1cccc(C)c1O. The van der Waals surface area contributed by atoms with Gasteiger partial charge in [0, 0.05) is 0 Å². The van der Waals surface area contributed by atoms with Gasteiger partial charge in [-0.25, -0.2) is 12.8 Å². The van der Waals surface area contributed by atoms with Crippen molar-refractivity contribution in [1.29, 1.82) is 0 Å². The molecule has 0 saturated heterocycles. The van der Waals surface area contributed by atoms with Crippen molar-refractivity contribution in [3.05, 3.63) is 53.3 Å². The molecular formula is C14H14FNO3S.